The molecule has 27 heavy (non-hydrogen) atoms. The van der Waals surface area contributed by atoms with E-state index in [1.807, 2.05) is 37.3 Å². The van der Waals surface area contributed by atoms with Crippen molar-refractivity contribution in [2.45, 2.75) is 13.5 Å². The number of aromatic nitrogens is 6. The average Bonchev–Trinajstić information content (AvgIpc) is 3.28. The third-order valence-electron chi connectivity index (χ3n) is 4.13. The van der Waals surface area contributed by atoms with Gasteiger partial charge in [-0.15, -0.1) is 10.2 Å². The van der Waals surface area contributed by atoms with E-state index in [1.54, 1.807) is 11.6 Å². The lowest BCUT2D eigenvalue weighted by molar-refractivity contribution is 0.102. The van der Waals surface area contributed by atoms with Crippen molar-refractivity contribution in [3.63, 3.8) is 0 Å². The molecule has 136 valence electrons. The van der Waals surface area contributed by atoms with Crippen molar-refractivity contribution in [1.82, 2.24) is 29.6 Å². The molecule has 0 atom stereocenters. The maximum Gasteiger partial charge on any atom is 0.280 e. The van der Waals surface area contributed by atoms with E-state index < -0.39 is 5.91 Å². The standard InChI is InChI=1S/C18H18N8O/c1-12-14(19-10-13-6-4-3-5-7-13)8-9-16-20-18(23-26(12)16)21-17(27)15-11-25(2)24-22-15/h3-9,11,19H,10H2,1-2H3,(H,21,23,27). The first-order valence-corrected chi connectivity index (χ1v) is 8.42. The molecule has 0 aliphatic rings. The van der Waals surface area contributed by atoms with Gasteiger partial charge >= 0.3 is 0 Å². The van der Waals surface area contributed by atoms with Crippen molar-refractivity contribution < 1.29 is 4.79 Å². The van der Waals surface area contributed by atoms with E-state index in [4.69, 9.17) is 0 Å². The molecule has 0 unspecified atom stereocenters. The van der Waals surface area contributed by atoms with Crippen LogP contribution in [0.25, 0.3) is 5.65 Å². The van der Waals surface area contributed by atoms with Crippen LogP contribution < -0.4 is 10.6 Å². The summed E-state index contributed by atoms with van der Waals surface area (Å²) in [6.07, 6.45) is 1.53. The number of carbonyl (C=O) groups is 1. The van der Waals surface area contributed by atoms with Crippen LogP contribution in [0.3, 0.4) is 0 Å². The molecule has 4 rings (SSSR count). The smallest absolute Gasteiger partial charge is 0.280 e. The van der Waals surface area contributed by atoms with E-state index in [-0.39, 0.29) is 11.6 Å². The lowest BCUT2D eigenvalue weighted by Crippen LogP contribution is -2.13. The molecule has 0 bridgehead atoms. The van der Waals surface area contributed by atoms with Crippen molar-refractivity contribution in [2.24, 2.45) is 7.05 Å². The number of amides is 1. The molecule has 0 fully saturated rings. The fourth-order valence-electron chi connectivity index (χ4n) is 2.72. The monoisotopic (exact) mass is 362 g/mol. The number of rotatable bonds is 5. The van der Waals surface area contributed by atoms with Gasteiger partial charge in [-0.25, -0.2) is 4.52 Å². The predicted molar refractivity (Wildman–Crippen MR) is 100 cm³/mol. The van der Waals surface area contributed by atoms with Crippen LogP contribution in [0.4, 0.5) is 11.6 Å². The Morgan fingerprint density at radius 2 is 1.96 bits per heavy atom. The third kappa shape index (κ3) is 3.47. The third-order valence-corrected chi connectivity index (χ3v) is 4.13. The highest BCUT2D eigenvalue weighted by molar-refractivity contribution is 6.01. The second kappa shape index (κ2) is 6.87. The molecule has 0 radical (unpaired) electrons. The molecule has 0 saturated heterocycles. The number of benzene rings is 1. The molecule has 9 heteroatoms. The largest absolute Gasteiger partial charge is 0.379 e. The summed E-state index contributed by atoms with van der Waals surface area (Å²) < 4.78 is 3.15. The van der Waals surface area contributed by atoms with Gasteiger partial charge in [0.1, 0.15) is 0 Å². The van der Waals surface area contributed by atoms with Crippen molar-refractivity contribution in [3.8, 4) is 0 Å². The minimum absolute atomic E-state index is 0.207. The summed E-state index contributed by atoms with van der Waals surface area (Å²) in [7, 11) is 1.69. The van der Waals surface area contributed by atoms with Crippen LogP contribution in [-0.4, -0.2) is 35.5 Å². The number of fused-ring (bicyclic) bond motifs is 1. The number of nitrogens with zero attached hydrogens (tertiary/aromatic N) is 6. The maximum absolute atomic E-state index is 12.2. The van der Waals surface area contributed by atoms with Crippen LogP contribution in [0, 0.1) is 6.92 Å². The number of nitrogens with one attached hydrogen (secondary N) is 2. The second-order valence-corrected chi connectivity index (χ2v) is 6.11. The van der Waals surface area contributed by atoms with E-state index in [0.29, 0.717) is 12.2 Å². The van der Waals surface area contributed by atoms with Crippen molar-refractivity contribution >= 4 is 23.2 Å². The van der Waals surface area contributed by atoms with Gasteiger partial charge in [0.2, 0.25) is 5.95 Å². The van der Waals surface area contributed by atoms with Gasteiger partial charge in [0.15, 0.2) is 11.3 Å². The topological polar surface area (TPSA) is 102 Å². The lowest BCUT2D eigenvalue weighted by Gasteiger charge is -2.10. The van der Waals surface area contributed by atoms with E-state index in [0.717, 1.165) is 11.4 Å². The summed E-state index contributed by atoms with van der Waals surface area (Å²) in [5, 5.41) is 18.0. The van der Waals surface area contributed by atoms with Crippen LogP contribution in [-0.2, 0) is 13.6 Å². The van der Waals surface area contributed by atoms with Gasteiger partial charge in [-0.1, -0.05) is 35.5 Å². The summed E-state index contributed by atoms with van der Waals surface area (Å²) in [5.74, 6) is -0.187. The molecule has 0 saturated carbocycles. The number of hydrogen-bond donors (Lipinski definition) is 2. The van der Waals surface area contributed by atoms with E-state index in [2.05, 4.69) is 43.2 Å². The maximum atomic E-state index is 12.2. The zero-order chi connectivity index (χ0) is 18.8. The molecule has 9 nitrogen and oxygen atoms in total. The molecular formula is C18H18N8O. The van der Waals surface area contributed by atoms with Gasteiger partial charge in [-0.2, -0.15) is 4.98 Å². The molecule has 0 spiro atoms. The van der Waals surface area contributed by atoms with Crippen LogP contribution >= 0.6 is 0 Å². The Morgan fingerprint density at radius 1 is 1.15 bits per heavy atom. The van der Waals surface area contributed by atoms with E-state index in [9.17, 15) is 4.79 Å². The number of pyridine rings is 1. The summed E-state index contributed by atoms with van der Waals surface area (Å²) in [5.41, 5.74) is 3.89. The predicted octanol–water partition coefficient (Wildman–Crippen LogP) is 2.03. The van der Waals surface area contributed by atoms with Crippen LogP contribution in [0.2, 0.25) is 0 Å². The van der Waals surface area contributed by atoms with Crippen LogP contribution in [0.5, 0.6) is 0 Å². The highest BCUT2D eigenvalue weighted by Crippen LogP contribution is 2.18. The summed E-state index contributed by atoms with van der Waals surface area (Å²) in [6.45, 7) is 2.65. The lowest BCUT2D eigenvalue weighted by atomic mass is 10.2. The molecule has 3 aromatic heterocycles. The number of anilines is 2. The Hall–Kier alpha value is -3.75. The fourth-order valence-corrected chi connectivity index (χ4v) is 2.72. The van der Waals surface area contributed by atoms with Gasteiger partial charge < -0.3 is 5.32 Å². The van der Waals surface area contributed by atoms with E-state index in [1.165, 1.54) is 16.4 Å². The Morgan fingerprint density at radius 3 is 2.70 bits per heavy atom. The Kier molecular flexibility index (Phi) is 4.25. The van der Waals surface area contributed by atoms with Gasteiger partial charge in [-0.05, 0) is 24.6 Å². The second-order valence-electron chi connectivity index (χ2n) is 6.11. The number of hydrogen-bond acceptors (Lipinski definition) is 6. The molecular weight excluding hydrogens is 344 g/mol. The van der Waals surface area contributed by atoms with Gasteiger partial charge in [0.05, 0.1) is 17.6 Å². The molecule has 2 N–H and O–H groups in total. The molecule has 3 heterocycles. The summed E-state index contributed by atoms with van der Waals surface area (Å²) in [4.78, 5) is 16.5. The first-order valence-electron chi connectivity index (χ1n) is 8.42. The Labute approximate surface area is 155 Å². The van der Waals surface area contributed by atoms with Crippen molar-refractivity contribution in [2.75, 3.05) is 10.6 Å². The highest BCUT2D eigenvalue weighted by atomic mass is 16.2. The molecule has 0 aliphatic carbocycles. The average molecular weight is 362 g/mol. The van der Waals surface area contributed by atoms with Gasteiger partial charge in [-0.3, -0.25) is 14.8 Å². The minimum atomic E-state index is -0.404. The highest BCUT2D eigenvalue weighted by Gasteiger charge is 2.14. The quantitative estimate of drug-likeness (QED) is 0.563. The van der Waals surface area contributed by atoms with Gasteiger partial charge in [0, 0.05) is 13.6 Å². The molecule has 0 aliphatic heterocycles. The zero-order valence-corrected chi connectivity index (χ0v) is 14.9. The minimum Gasteiger partial charge on any atom is -0.379 e. The first kappa shape index (κ1) is 16.7. The van der Waals surface area contributed by atoms with Crippen molar-refractivity contribution in [1.29, 1.82) is 0 Å². The summed E-state index contributed by atoms with van der Waals surface area (Å²) >= 11 is 0. The first-order chi connectivity index (χ1) is 13.1. The Balaban J connectivity index is 1.53. The number of carbonyl (C=O) groups excluding carboxylic acids is 1. The zero-order valence-electron chi connectivity index (χ0n) is 14.9. The van der Waals surface area contributed by atoms with Crippen LogP contribution in [0.1, 0.15) is 21.7 Å². The van der Waals surface area contributed by atoms with Crippen LogP contribution in [0.15, 0.2) is 48.7 Å². The van der Waals surface area contributed by atoms with E-state index >= 15 is 0 Å². The van der Waals surface area contributed by atoms with Crippen molar-refractivity contribution in [3.05, 3.63) is 65.6 Å². The fraction of sp³-hybridized carbons (Fsp3) is 0.167. The molecule has 1 amide bonds. The summed E-state index contributed by atoms with van der Waals surface area (Å²) in [6, 6.07) is 14.0. The molecule has 4 aromatic rings. The van der Waals surface area contributed by atoms with Gasteiger partial charge in [0.25, 0.3) is 5.91 Å². The number of aryl methyl sites for hydroxylation is 2. The normalized spacial score (nSPS) is 10.9. The SMILES string of the molecule is Cc1c(NCc2ccccc2)ccc2nc(NC(=O)c3cn(C)nn3)nn12. The Bertz CT molecular complexity index is 1100. The molecule has 1 aromatic carbocycles.